The fourth-order valence-corrected chi connectivity index (χ4v) is 8.76. The molecule has 26 heteroatoms. The highest BCUT2D eigenvalue weighted by atomic mass is 16.2. The molecule has 2 aliphatic rings. The first-order valence-electron chi connectivity index (χ1n) is 26.2. The van der Waals surface area contributed by atoms with Crippen molar-refractivity contribution in [2.75, 3.05) is 32.7 Å². The molecular formula is C50H83N15O11. The van der Waals surface area contributed by atoms with Crippen molar-refractivity contribution in [2.24, 2.45) is 40.5 Å². The summed E-state index contributed by atoms with van der Waals surface area (Å²) in [6.07, 6.45) is 2.27. The Kier molecular flexibility index (Phi) is 27.4. The van der Waals surface area contributed by atoms with Gasteiger partial charge < -0.3 is 81.8 Å². The van der Waals surface area contributed by atoms with Crippen LogP contribution in [-0.4, -0.2) is 158 Å². The first kappa shape index (κ1) is 63.7. The van der Waals surface area contributed by atoms with E-state index < -0.39 is 126 Å². The van der Waals surface area contributed by atoms with Crippen molar-refractivity contribution in [3.63, 3.8) is 0 Å². The number of nitrogens with two attached hydrogens (primary N) is 5. The van der Waals surface area contributed by atoms with Gasteiger partial charge in [0.1, 0.15) is 48.3 Å². The van der Waals surface area contributed by atoms with Crippen LogP contribution in [0.3, 0.4) is 0 Å². The van der Waals surface area contributed by atoms with E-state index >= 15 is 0 Å². The average molecular weight is 1070 g/mol. The molecule has 0 aromatic heterocycles. The van der Waals surface area contributed by atoms with Crippen molar-refractivity contribution >= 4 is 64.9 Å². The van der Waals surface area contributed by atoms with Gasteiger partial charge in [0, 0.05) is 25.4 Å². The van der Waals surface area contributed by atoms with Crippen LogP contribution in [0.4, 0.5) is 0 Å². The van der Waals surface area contributed by atoms with Crippen molar-refractivity contribution in [2.45, 2.75) is 165 Å². The van der Waals surface area contributed by atoms with Crippen LogP contribution >= 0.6 is 0 Å². The molecule has 76 heavy (non-hydrogen) atoms. The van der Waals surface area contributed by atoms with Gasteiger partial charge in [0.05, 0.1) is 0 Å². The molecule has 1 saturated heterocycles. The normalized spacial score (nSPS) is 25.7. The predicted molar refractivity (Wildman–Crippen MR) is 280 cm³/mol. The number of benzene rings is 1. The summed E-state index contributed by atoms with van der Waals surface area (Å²) in [5.74, 6) is -9.23. The van der Waals surface area contributed by atoms with E-state index in [4.69, 9.17) is 28.7 Å². The molecule has 2 fully saturated rings. The van der Waals surface area contributed by atoms with Crippen molar-refractivity contribution in [3.8, 4) is 0 Å². The van der Waals surface area contributed by atoms with Crippen molar-refractivity contribution < 1.29 is 52.7 Å². The lowest BCUT2D eigenvalue weighted by atomic mass is 9.84. The summed E-state index contributed by atoms with van der Waals surface area (Å²) in [5.41, 5.74) is 30.1. The molecule has 424 valence electrons. The van der Waals surface area contributed by atoms with Gasteiger partial charge in [-0.25, -0.2) is 0 Å². The van der Waals surface area contributed by atoms with Gasteiger partial charge in [-0.15, -0.1) is 0 Å². The van der Waals surface area contributed by atoms with Gasteiger partial charge in [0.25, 0.3) is 0 Å². The maximum Gasteiger partial charge on any atom is 0.250 e. The van der Waals surface area contributed by atoms with Crippen LogP contribution in [0.2, 0.25) is 0 Å². The summed E-state index contributed by atoms with van der Waals surface area (Å²) in [7, 11) is 0. The summed E-state index contributed by atoms with van der Waals surface area (Å²) < 4.78 is 0. The second-order valence-corrected chi connectivity index (χ2v) is 20.0. The maximum atomic E-state index is 14.4. The maximum absolute atomic E-state index is 14.4. The predicted octanol–water partition coefficient (Wildman–Crippen LogP) is -4.93. The molecule has 3 rings (SSSR count). The lowest BCUT2D eigenvalue weighted by molar-refractivity contribution is -0.137. The number of amides is 10. The molecule has 9 atom stereocenters. The van der Waals surface area contributed by atoms with Gasteiger partial charge in [0.15, 0.2) is 11.8 Å². The number of hydrogen-bond donors (Lipinski definition) is 15. The van der Waals surface area contributed by atoms with Crippen LogP contribution < -0.4 is 81.8 Å². The second kappa shape index (κ2) is 32.7. The van der Waals surface area contributed by atoms with Gasteiger partial charge in [-0.05, 0) is 122 Å². The summed E-state index contributed by atoms with van der Waals surface area (Å²) in [6.45, 7) is 5.11. The molecule has 1 heterocycles. The fourth-order valence-electron chi connectivity index (χ4n) is 8.76. The van der Waals surface area contributed by atoms with Gasteiger partial charge in [0.2, 0.25) is 59.1 Å². The number of nitrogens with one attached hydrogen (secondary N) is 10. The zero-order chi connectivity index (χ0) is 56.5. The smallest absolute Gasteiger partial charge is 0.250 e. The monoisotopic (exact) mass is 1070 g/mol. The Bertz CT molecular complexity index is 2140. The average Bonchev–Trinajstić information content (AvgIpc) is 3.36. The summed E-state index contributed by atoms with van der Waals surface area (Å²) in [4.78, 5) is 152. The Morgan fingerprint density at radius 2 is 1.09 bits per heavy atom. The van der Waals surface area contributed by atoms with E-state index in [2.05, 4.69) is 53.2 Å². The Hall–Kier alpha value is -6.61. The Morgan fingerprint density at radius 1 is 0.592 bits per heavy atom. The van der Waals surface area contributed by atoms with Crippen LogP contribution in [0.1, 0.15) is 104 Å². The number of carbonyl (C=O) groups excluding carboxylic acids is 11. The van der Waals surface area contributed by atoms with E-state index in [0.717, 1.165) is 32.6 Å². The minimum absolute atomic E-state index is 0.0637. The first-order chi connectivity index (χ1) is 36.1. The number of Topliss-reactive ketones (excluding diaryl/α,β-unsaturated/α-hetero) is 1. The van der Waals surface area contributed by atoms with Gasteiger partial charge in [-0.1, -0.05) is 44.2 Å². The van der Waals surface area contributed by atoms with Gasteiger partial charge in [-0.3, -0.25) is 52.7 Å². The molecule has 0 radical (unpaired) electrons. The van der Waals surface area contributed by atoms with E-state index in [1.165, 1.54) is 6.92 Å². The Morgan fingerprint density at radius 3 is 1.62 bits per heavy atom. The molecule has 1 aromatic carbocycles. The topological polar surface area (TPSA) is 438 Å². The number of ketones is 1. The largest absolute Gasteiger partial charge is 0.354 e. The van der Waals surface area contributed by atoms with Crippen LogP contribution in [0.15, 0.2) is 30.3 Å². The molecule has 0 unspecified atom stereocenters. The van der Waals surface area contributed by atoms with E-state index in [0.29, 0.717) is 5.56 Å². The first-order valence-corrected chi connectivity index (χ1v) is 26.2. The van der Waals surface area contributed by atoms with Gasteiger partial charge >= 0.3 is 0 Å². The number of hydrogen-bond acceptors (Lipinski definition) is 16. The molecule has 0 bridgehead atoms. The second-order valence-electron chi connectivity index (χ2n) is 20.0. The van der Waals surface area contributed by atoms with Crippen molar-refractivity contribution in [1.29, 1.82) is 0 Å². The third-order valence-electron chi connectivity index (χ3n) is 13.1. The highest BCUT2D eigenvalue weighted by Crippen LogP contribution is 2.25. The molecule has 1 aliphatic carbocycles. The minimum Gasteiger partial charge on any atom is -0.354 e. The quantitative estimate of drug-likeness (QED) is 0.0544. The zero-order valence-corrected chi connectivity index (χ0v) is 44.2. The van der Waals surface area contributed by atoms with E-state index in [1.54, 1.807) is 44.2 Å². The lowest BCUT2D eigenvalue weighted by Gasteiger charge is -2.28. The van der Waals surface area contributed by atoms with Crippen molar-refractivity contribution in [3.05, 3.63) is 35.9 Å². The molecule has 1 aromatic rings. The van der Waals surface area contributed by atoms with E-state index in [-0.39, 0.29) is 94.9 Å². The zero-order valence-electron chi connectivity index (χ0n) is 44.2. The third-order valence-corrected chi connectivity index (χ3v) is 13.1. The van der Waals surface area contributed by atoms with Crippen molar-refractivity contribution in [1.82, 2.24) is 53.2 Å². The summed E-state index contributed by atoms with van der Waals surface area (Å²) in [6, 6.07) is -4.00. The van der Waals surface area contributed by atoms with Crippen LogP contribution in [0, 0.1) is 11.8 Å². The Balaban J connectivity index is 2.05. The molecule has 1 saturated carbocycles. The molecule has 26 nitrogen and oxygen atoms in total. The standard InChI is InChI=1S/C50H83N15O11/c1-27(2)24-38-48(74)61-34(15-20-52)44(70)60-36(17-22-54)47(73)65-41(29(4)66)50(76)56-23-18-37(46(72)59-35(16-21-53)45(71)64-39(49(75)63-38)25-30-8-6-5-7-9-30)62-43(69)33(14-19-51)58-42(68)28(3)57-40(67)26-31-10-12-32(55)13-11-31/h5-9,27-28,31-39,41H,10-26,51-55H2,1-4H3,(H,56,76)(H,57,67)(H,58,68)(H,59,72)(H,60,70)(H,61,74)(H,62,69)(H,63,75)(H,64,71)(H,65,73)/t28-,31-,32+,33-,34-,35-,36-,37-,38-,39+,41-/m0/s1. The molecular weight excluding hydrogens is 987 g/mol. The fraction of sp³-hybridized carbons (Fsp3) is 0.660. The minimum atomic E-state index is -1.83. The van der Waals surface area contributed by atoms with Gasteiger partial charge in [-0.2, -0.15) is 0 Å². The lowest BCUT2D eigenvalue weighted by Crippen LogP contribution is -2.61. The van der Waals surface area contributed by atoms with Crippen LogP contribution in [0.5, 0.6) is 0 Å². The molecule has 20 N–H and O–H groups in total. The summed E-state index contributed by atoms with van der Waals surface area (Å²) >= 11 is 0. The number of rotatable bonds is 20. The van der Waals surface area contributed by atoms with Crippen LogP contribution in [0.25, 0.3) is 0 Å². The highest BCUT2D eigenvalue weighted by Gasteiger charge is 2.36. The van der Waals surface area contributed by atoms with E-state index in [9.17, 15) is 52.7 Å². The summed E-state index contributed by atoms with van der Waals surface area (Å²) in [5, 5.41) is 25.7. The highest BCUT2D eigenvalue weighted by molar-refractivity contribution is 6.08. The Labute approximate surface area is 443 Å². The number of carbonyl (C=O) groups is 11. The molecule has 0 spiro atoms. The molecule has 1 aliphatic heterocycles. The molecule has 10 amide bonds. The van der Waals surface area contributed by atoms with E-state index in [1.807, 2.05) is 0 Å². The third kappa shape index (κ3) is 21.6. The SMILES string of the molecule is CC(=O)[C@@H]1NC(=O)[C@H](CCN)NC(=O)[C@H](CCN)NC(=O)[C@H](CC(C)C)NC(=O)[C@@H](Cc2ccccc2)NC(=O)[C@H](CCN)NC(=O)[C@@H](NC(=O)[C@H](CCN)NC(=O)[C@H](C)NC(=O)C[C@H]2CC[C@@H](N)CC2)CCNC1=O. The van der Waals surface area contributed by atoms with Crippen LogP contribution in [-0.2, 0) is 59.2 Å².